The van der Waals surface area contributed by atoms with Crippen molar-refractivity contribution in [3.05, 3.63) is 0 Å². The first-order valence-corrected chi connectivity index (χ1v) is 4.74. The van der Waals surface area contributed by atoms with E-state index in [1.165, 1.54) is 0 Å². The zero-order valence-corrected chi connectivity index (χ0v) is 8.50. The van der Waals surface area contributed by atoms with Gasteiger partial charge in [-0.1, -0.05) is 3.89 Å². The van der Waals surface area contributed by atoms with Crippen LogP contribution in [-0.2, 0) is 24.2 Å². The predicted molar refractivity (Wildman–Crippen MR) is 34.1 cm³/mol. The lowest BCUT2D eigenvalue weighted by molar-refractivity contribution is -0.385. The Hall–Kier alpha value is -0.730. The summed E-state index contributed by atoms with van der Waals surface area (Å²) in [6.07, 6.45) is -13.4. The lowest BCUT2D eigenvalue weighted by Crippen LogP contribution is -2.22. The van der Waals surface area contributed by atoms with Crippen molar-refractivity contribution in [3.63, 3.8) is 0 Å². The van der Waals surface area contributed by atoms with E-state index in [1.807, 2.05) is 4.18 Å². The molecule has 0 N–H and O–H groups in total. The van der Waals surface area contributed by atoms with E-state index in [1.54, 1.807) is 0 Å². The van der Waals surface area contributed by atoms with Crippen molar-refractivity contribution in [1.82, 2.24) is 0 Å². The van der Waals surface area contributed by atoms with E-state index in [4.69, 9.17) is 8.42 Å². The fourth-order valence-corrected chi connectivity index (χ4v) is 0.739. The molecule has 5 nitrogen and oxygen atoms in total. The fraction of sp³-hybridized carbons (Fsp3) is 1.00. The fourth-order valence-electron chi connectivity index (χ4n) is 0.514. The first kappa shape index (κ1) is 17.3. The van der Waals surface area contributed by atoms with Crippen LogP contribution in [0.5, 0.6) is 0 Å². The molecule has 18 heavy (non-hydrogen) atoms. The standard InChI is InChI=1S/C3H2F4O2.CF4O3S/c4-2(5)1-8-3(6,7)9-2;2-1(3,4)8-9(5,6)7/h1H2;. The monoisotopic (exact) mass is 314 g/mol. The third kappa shape index (κ3) is 9.32. The minimum absolute atomic E-state index is 1.39. The van der Waals surface area contributed by atoms with E-state index >= 15 is 0 Å². The summed E-state index contributed by atoms with van der Waals surface area (Å²) in [6.45, 7) is -1.39. The zero-order valence-electron chi connectivity index (χ0n) is 7.68. The first-order valence-electron chi connectivity index (χ1n) is 3.44. The Bertz CT molecular complexity index is 359. The molecule has 0 aromatic carbocycles. The Morgan fingerprint density at radius 1 is 1.11 bits per heavy atom. The molecule has 14 heteroatoms. The third-order valence-electron chi connectivity index (χ3n) is 0.870. The lowest BCUT2D eigenvalue weighted by Gasteiger charge is -2.05. The van der Waals surface area contributed by atoms with Crippen LogP contribution in [0.2, 0.25) is 0 Å². The quantitative estimate of drug-likeness (QED) is 0.546. The van der Waals surface area contributed by atoms with Gasteiger partial charge in [0.2, 0.25) is 0 Å². The minimum Gasteiger partial charge on any atom is -0.286 e. The largest absolute Gasteiger partial charge is 0.539 e. The van der Waals surface area contributed by atoms with Crippen molar-refractivity contribution < 1.29 is 56.7 Å². The molecule has 0 aromatic rings. The van der Waals surface area contributed by atoms with Crippen molar-refractivity contribution in [2.45, 2.75) is 18.8 Å². The molecular formula is C4H2F8O5S. The van der Waals surface area contributed by atoms with Gasteiger partial charge in [-0.05, 0) is 0 Å². The number of alkyl halides is 7. The van der Waals surface area contributed by atoms with Gasteiger partial charge in [-0.3, -0.25) is 4.74 Å². The zero-order chi connectivity index (χ0) is 14.8. The molecular weight excluding hydrogens is 312 g/mol. The summed E-state index contributed by atoms with van der Waals surface area (Å²) in [7, 11) is -5.91. The van der Waals surface area contributed by atoms with Gasteiger partial charge in [-0.15, -0.1) is 26.1 Å². The Balaban J connectivity index is 0.000000321. The highest BCUT2D eigenvalue weighted by molar-refractivity contribution is 7.81. The molecule has 1 fully saturated rings. The number of ether oxygens (including phenoxy) is 2. The summed E-state index contributed by atoms with van der Waals surface area (Å²) in [5.41, 5.74) is 0. The second-order valence-electron chi connectivity index (χ2n) is 2.41. The van der Waals surface area contributed by atoms with Crippen molar-refractivity contribution in [1.29, 1.82) is 0 Å². The molecule has 0 amide bonds. The van der Waals surface area contributed by atoms with E-state index in [0.29, 0.717) is 0 Å². The molecule has 1 aliphatic rings. The maximum Gasteiger partial charge on any atom is 0.539 e. The Labute approximate surface area is 93.6 Å². The molecule has 0 unspecified atom stereocenters. The van der Waals surface area contributed by atoms with Gasteiger partial charge in [-0.2, -0.15) is 17.2 Å². The van der Waals surface area contributed by atoms with Crippen LogP contribution in [-0.4, -0.2) is 33.8 Å². The summed E-state index contributed by atoms with van der Waals surface area (Å²) in [6, 6.07) is 0. The van der Waals surface area contributed by atoms with Crippen molar-refractivity contribution in [2.24, 2.45) is 0 Å². The molecule has 1 saturated heterocycles. The number of hydrogen-bond acceptors (Lipinski definition) is 5. The van der Waals surface area contributed by atoms with E-state index in [-0.39, 0.29) is 0 Å². The Kier molecular flexibility index (Phi) is 4.89. The normalized spacial score (nSPS) is 22.2. The van der Waals surface area contributed by atoms with Gasteiger partial charge in [0, 0.05) is 0 Å². The van der Waals surface area contributed by atoms with E-state index in [0.717, 1.165) is 0 Å². The molecule has 0 bridgehead atoms. The Morgan fingerprint density at radius 3 is 1.61 bits per heavy atom. The summed E-state index contributed by atoms with van der Waals surface area (Å²) in [5.74, 6) is 0. The molecule has 0 spiro atoms. The summed E-state index contributed by atoms with van der Waals surface area (Å²) >= 11 is 0. The topological polar surface area (TPSA) is 61.8 Å². The second kappa shape index (κ2) is 5.10. The van der Waals surface area contributed by atoms with Crippen molar-refractivity contribution in [2.75, 3.05) is 6.61 Å². The highest BCUT2D eigenvalue weighted by Crippen LogP contribution is 2.35. The summed E-state index contributed by atoms with van der Waals surface area (Å²) in [4.78, 5) is 0. The van der Waals surface area contributed by atoms with Crippen molar-refractivity contribution in [3.8, 4) is 0 Å². The molecule has 0 saturated carbocycles. The van der Waals surface area contributed by atoms with E-state index in [9.17, 15) is 34.6 Å². The van der Waals surface area contributed by atoms with Crippen LogP contribution in [0.3, 0.4) is 0 Å². The molecule has 0 aromatic heterocycles. The van der Waals surface area contributed by atoms with Crippen LogP contribution in [0.25, 0.3) is 0 Å². The first-order chi connectivity index (χ1) is 7.62. The number of rotatable bonds is 1. The highest BCUT2D eigenvalue weighted by Gasteiger charge is 2.54. The molecule has 0 atom stereocenters. The summed E-state index contributed by atoms with van der Waals surface area (Å²) in [5, 5.41) is 0. The van der Waals surface area contributed by atoms with Crippen LogP contribution in [0.4, 0.5) is 34.6 Å². The smallest absolute Gasteiger partial charge is 0.286 e. The maximum atomic E-state index is 11.6. The van der Waals surface area contributed by atoms with Crippen LogP contribution >= 0.6 is 0 Å². The summed E-state index contributed by atoms with van der Waals surface area (Å²) < 4.78 is 115. The maximum absolute atomic E-state index is 11.6. The molecule has 0 aliphatic carbocycles. The SMILES string of the molecule is FC1(F)COC(F)(F)O1.O=S(=O)(F)OC(F)(F)F. The van der Waals surface area contributed by atoms with Gasteiger partial charge in [0.05, 0.1) is 0 Å². The molecule has 0 radical (unpaired) electrons. The molecule has 1 heterocycles. The van der Waals surface area contributed by atoms with Crippen LogP contribution in [0.1, 0.15) is 0 Å². The van der Waals surface area contributed by atoms with Gasteiger partial charge in [0.1, 0.15) is 6.61 Å². The van der Waals surface area contributed by atoms with Gasteiger partial charge >= 0.3 is 29.3 Å². The minimum atomic E-state index is -5.91. The lowest BCUT2D eigenvalue weighted by atomic mass is 10.7. The van der Waals surface area contributed by atoms with Gasteiger partial charge in [-0.25, -0.2) is 4.74 Å². The second-order valence-corrected chi connectivity index (χ2v) is 3.37. The highest BCUT2D eigenvalue weighted by atomic mass is 32.3. The molecule has 1 rings (SSSR count). The van der Waals surface area contributed by atoms with Crippen LogP contribution < -0.4 is 0 Å². The Morgan fingerprint density at radius 2 is 1.56 bits per heavy atom. The molecule has 110 valence electrons. The van der Waals surface area contributed by atoms with Gasteiger partial charge in [0.15, 0.2) is 0 Å². The average molecular weight is 314 g/mol. The van der Waals surface area contributed by atoms with Gasteiger partial charge in [0.25, 0.3) is 0 Å². The van der Waals surface area contributed by atoms with Crippen LogP contribution in [0, 0.1) is 0 Å². The molecule has 1 aliphatic heterocycles. The van der Waals surface area contributed by atoms with Crippen LogP contribution in [0.15, 0.2) is 0 Å². The van der Waals surface area contributed by atoms with Crippen molar-refractivity contribution >= 4 is 10.5 Å². The van der Waals surface area contributed by atoms with E-state index in [2.05, 4.69) is 9.47 Å². The predicted octanol–water partition coefficient (Wildman–Crippen LogP) is 1.91. The number of hydrogen-bond donors (Lipinski definition) is 0. The van der Waals surface area contributed by atoms with E-state index < -0.39 is 35.9 Å². The number of halogens is 8. The average Bonchev–Trinajstić information content (AvgIpc) is 2.16. The third-order valence-corrected chi connectivity index (χ3v) is 1.26. The van der Waals surface area contributed by atoms with Gasteiger partial charge < -0.3 is 0 Å².